The van der Waals surface area contributed by atoms with Crippen LogP contribution in [-0.4, -0.2) is 22.5 Å². The molecule has 0 aliphatic carbocycles. The molecular weight excluding hydrogens is 297 g/mol. The second-order valence-corrected chi connectivity index (χ2v) is 6.88. The van der Waals surface area contributed by atoms with E-state index in [0.717, 1.165) is 43.0 Å². The number of hydrogen-bond acceptors (Lipinski definition) is 2. The number of halogens is 3. The number of benzene rings is 1. The number of alkyl halides is 3. The average Bonchev–Trinajstić information content (AvgIpc) is 2.43. The molecule has 6 heteroatoms. The lowest BCUT2D eigenvalue weighted by Crippen LogP contribution is -2.22. The Morgan fingerprint density at radius 1 is 0.952 bits per heavy atom. The van der Waals surface area contributed by atoms with Crippen molar-refractivity contribution in [2.75, 3.05) is 13.2 Å². The summed E-state index contributed by atoms with van der Waals surface area (Å²) in [6.07, 6.45) is -1.54. The first kappa shape index (κ1) is 18.2. The summed E-state index contributed by atoms with van der Waals surface area (Å²) < 4.78 is 48.5. The monoisotopic (exact) mass is 320 g/mol. The van der Waals surface area contributed by atoms with Gasteiger partial charge in [0.05, 0.1) is 5.56 Å². The van der Waals surface area contributed by atoms with Crippen LogP contribution in [0.2, 0.25) is 6.04 Å². The molecule has 0 radical (unpaired) electrons. The van der Waals surface area contributed by atoms with Gasteiger partial charge in [-0.05, 0) is 50.4 Å². The third-order valence-corrected chi connectivity index (χ3v) is 5.43. The van der Waals surface area contributed by atoms with Crippen molar-refractivity contribution in [1.29, 1.82) is 0 Å². The molecule has 0 saturated carbocycles. The maximum atomic E-state index is 12.4. The number of aryl methyl sites for hydroxylation is 1. The van der Waals surface area contributed by atoms with Gasteiger partial charge in [-0.2, -0.15) is 13.2 Å². The summed E-state index contributed by atoms with van der Waals surface area (Å²) in [7, 11) is -1.54. The molecule has 0 fully saturated rings. The van der Waals surface area contributed by atoms with Crippen LogP contribution in [0.5, 0.6) is 0 Å². The van der Waals surface area contributed by atoms with Gasteiger partial charge in [0.2, 0.25) is 0 Å². The van der Waals surface area contributed by atoms with E-state index < -0.39 is 21.0 Å². The van der Waals surface area contributed by atoms with Crippen LogP contribution in [0, 0.1) is 0 Å². The minimum atomic E-state index is -4.26. The van der Waals surface area contributed by atoms with Crippen LogP contribution >= 0.6 is 0 Å². The van der Waals surface area contributed by atoms with E-state index in [1.54, 1.807) is 12.1 Å². The molecule has 0 heterocycles. The van der Waals surface area contributed by atoms with Crippen molar-refractivity contribution in [3.63, 3.8) is 0 Å². The molecule has 0 aliphatic rings. The second-order valence-electron chi connectivity index (χ2n) is 4.78. The van der Waals surface area contributed by atoms with Crippen molar-refractivity contribution < 1.29 is 22.0 Å². The van der Waals surface area contributed by atoms with Gasteiger partial charge in [-0.3, -0.25) is 0 Å². The highest BCUT2D eigenvalue weighted by Crippen LogP contribution is 2.29. The molecule has 0 spiro atoms. The molecule has 21 heavy (non-hydrogen) atoms. The van der Waals surface area contributed by atoms with E-state index in [2.05, 4.69) is 0 Å². The maximum absolute atomic E-state index is 12.4. The van der Waals surface area contributed by atoms with E-state index in [4.69, 9.17) is 8.85 Å². The van der Waals surface area contributed by atoms with Gasteiger partial charge in [-0.25, -0.2) is 0 Å². The Morgan fingerprint density at radius 2 is 1.52 bits per heavy atom. The number of unbranched alkanes of at least 4 members (excludes halogenated alkanes) is 1. The molecule has 0 amide bonds. The predicted molar refractivity (Wildman–Crippen MR) is 79.6 cm³/mol. The van der Waals surface area contributed by atoms with Gasteiger partial charge in [0.15, 0.2) is 0 Å². The fourth-order valence-corrected chi connectivity index (χ4v) is 3.88. The van der Waals surface area contributed by atoms with Crippen molar-refractivity contribution in [2.24, 2.45) is 0 Å². The first-order chi connectivity index (χ1) is 9.97. The first-order valence-electron chi connectivity index (χ1n) is 7.36. The summed E-state index contributed by atoms with van der Waals surface area (Å²) in [6.45, 7) is 5.27. The van der Waals surface area contributed by atoms with Crippen LogP contribution in [0.3, 0.4) is 0 Å². The fourth-order valence-electron chi connectivity index (χ4n) is 2.09. The lowest BCUT2D eigenvalue weighted by Gasteiger charge is -2.14. The van der Waals surface area contributed by atoms with E-state index in [1.807, 2.05) is 13.8 Å². The highest BCUT2D eigenvalue weighted by Gasteiger charge is 2.29. The molecule has 1 aromatic carbocycles. The molecule has 0 atom stereocenters. The van der Waals surface area contributed by atoms with Gasteiger partial charge in [-0.15, -0.1) is 0 Å². The normalized spacial score (nSPS) is 12.1. The Labute approximate surface area is 126 Å². The Morgan fingerprint density at radius 3 is 2.00 bits per heavy atom. The van der Waals surface area contributed by atoms with Crippen LogP contribution in [0.25, 0.3) is 0 Å². The van der Waals surface area contributed by atoms with Gasteiger partial charge >= 0.3 is 15.5 Å². The Bertz CT molecular complexity index is 387. The molecular formula is C15H23F3O2Si. The summed E-state index contributed by atoms with van der Waals surface area (Å²) >= 11 is 0. The van der Waals surface area contributed by atoms with Crippen LogP contribution in [0.1, 0.15) is 37.8 Å². The molecule has 1 aromatic rings. The largest absolute Gasteiger partial charge is 0.416 e. The van der Waals surface area contributed by atoms with Crippen molar-refractivity contribution in [3.8, 4) is 0 Å². The molecule has 0 bridgehead atoms. The molecule has 0 unspecified atom stereocenters. The topological polar surface area (TPSA) is 18.5 Å². The van der Waals surface area contributed by atoms with Gasteiger partial charge < -0.3 is 8.85 Å². The highest BCUT2D eigenvalue weighted by molar-refractivity contribution is 6.44. The van der Waals surface area contributed by atoms with Crippen LogP contribution in [0.4, 0.5) is 13.2 Å². The predicted octanol–water partition coefficient (Wildman–Crippen LogP) is 4.32. The standard InChI is InChI=1S/C15H23F3O2Si/c1-3-19-21(20-4-2)12-6-5-7-13-8-10-14(11-9-13)15(16,17)18/h8-11,21H,3-7,12H2,1-2H3. The van der Waals surface area contributed by atoms with Crippen molar-refractivity contribution in [3.05, 3.63) is 35.4 Å². The third-order valence-electron chi connectivity index (χ3n) is 3.14. The number of rotatable bonds is 9. The van der Waals surface area contributed by atoms with Crippen LogP contribution in [-0.2, 0) is 21.4 Å². The van der Waals surface area contributed by atoms with Crippen molar-refractivity contribution in [2.45, 2.75) is 45.3 Å². The highest BCUT2D eigenvalue weighted by atomic mass is 28.3. The Hall–Kier alpha value is -0.853. The van der Waals surface area contributed by atoms with Crippen LogP contribution < -0.4 is 0 Å². The summed E-state index contributed by atoms with van der Waals surface area (Å²) in [4.78, 5) is 0. The van der Waals surface area contributed by atoms with Gasteiger partial charge in [0.1, 0.15) is 0 Å². The molecule has 0 N–H and O–H groups in total. The smallest absolute Gasteiger partial charge is 0.397 e. The minimum Gasteiger partial charge on any atom is -0.397 e. The molecule has 120 valence electrons. The van der Waals surface area contributed by atoms with E-state index in [0.29, 0.717) is 13.2 Å². The molecule has 2 nitrogen and oxygen atoms in total. The van der Waals surface area contributed by atoms with Gasteiger partial charge in [0, 0.05) is 13.2 Å². The van der Waals surface area contributed by atoms with Crippen molar-refractivity contribution in [1.82, 2.24) is 0 Å². The lowest BCUT2D eigenvalue weighted by atomic mass is 10.1. The van der Waals surface area contributed by atoms with E-state index in [-0.39, 0.29) is 0 Å². The van der Waals surface area contributed by atoms with E-state index >= 15 is 0 Å². The fraction of sp³-hybridized carbons (Fsp3) is 0.600. The average molecular weight is 320 g/mol. The molecule has 0 saturated heterocycles. The zero-order valence-corrected chi connectivity index (χ0v) is 13.7. The van der Waals surface area contributed by atoms with E-state index in [1.165, 1.54) is 0 Å². The molecule has 1 rings (SSSR count). The minimum absolute atomic E-state index is 0.591. The summed E-state index contributed by atoms with van der Waals surface area (Å²) in [5.74, 6) is 0. The lowest BCUT2D eigenvalue weighted by molar-refractivity contribution is -0.137. The summed E-state index contributed by atoms with van der Waals surface area (Å²) in [5, 5.41) is 0. The molecule has 0 aliphatic heterocycles. The number of hydrogen-bond donors (Lipinski definition) is 0. The summed E-state index contributed by atoms with van der Waals surface area (Å²) in [6, 6.07) is 6.36. The van der Waals surface area contributed by atoms with E-state index in [9.17, 15) is 13.2 Å². The molecule has 0 aromatic heterocycles. The maximum Gasteiger partial charge on any atom is 0.416 e. The SMILES string of the molecule is CCO[SiH](CCCCc1ccc(C(F)(F)F)cc1)OCC. The first-order valence-corrected chi connectivity index (χ1v) is 9.12. The Balaban J connectivity index is 2.32. The zero-order valence-electron chi connectivity index (χ0n) is 12.6. The summed E-state index contributed by atoms with van der Waals surface area (Å²) in [5.41, 5.74) is 0.348. The second kappa shape index (κ2) is 9.22. The quantitative estimate of drug-likeness (QED) is 0.498. The van der Waals surface area contributed by atoms with Crippen molar-refractivity contribution >= 4 is 9.28 Å². The van der Waals surface area contributed by atoms with Gasteiger partial charge in [0.25, 0.3) is 0 Å². The Kier molecular flexibility index (Phi) is 7.99. The zero-order chi connectivity index (χ0) is 15.7. The van der Waals surface area contributed by atoms with Gasteiger partial charge in [-0.1, -0.05) is 18.6 Å². The third kappa shape index (κ3) is 7.11. The van der Waals surface area contributed by atoms with Crippen LogP contribution in [0.15, 0.2) is 24.3 Å².